The van der Waals surface area contributed by atoms with Gasteiger partial charge in [-0.25, -0.2) is 14.2 Å². The highest BCUT2D eigenvalue weighted by atomic mass is 19.1. The van der Waals surface area contributed by atoms with Crippen molar-refractivity contribution in [2.75, 3.05) is 43.1 Å². The van der Waals surface area contributed by atoms with Gasteiger partial charge < -0.3 is 29.7 Å². The fraction of sp³-hybridized carbons (Fsp3) is 0.565. The van der Waals surface area contributed by atoms with Gasteiger partial charge in [0, 0.05) is 43.2 Å². The van der Waals surface area contributed by atoms with Crippen molar-refractivity contribution in [3.63, 3.8) is 0 Å². The maximum atomic E-state index is 15.2. The first-order valence-electron chi connectivity index (χ1n) is 12.3. The lowest BCUT2D eigenvalue weighted by molar-refractivity contribution is -0.0528. The number of hydrogen-bond acceptors (Lipinski definition) is 9. The van der Waals surface area contributed by atoms with Gasteiger partial charge in [-0.2, -0.15) is 10.1 Å². The smallest absolute Gasteiger partial charge is 0.408 e. The molecule has 5 fully saturated rings. The zero-order valence-corrected chi connectivity index (χ0v) is 19.5. The number of alkyl halides is 1. The minimum absolute atomic E-state index is 0.0184. The fourth-order valence-electron chi connectivity index (χ4n) is 5.57. The van der Waals surface area contributed by atoms with E-state index in [1.807, 2.05) is 10.5 Å². The molecule has 190 valence electrons. The first kappa shape index (κ1) is 21.8. The topological polar surface area (TPSA) is 131 Å². The van der Waals surface area contributed by atoms with Crippen LogP contribution in [-0.2, 0) is 14.2 Å². The van der Waals surface area contributed by atoms with Crippen LogP contribution >= 0.6 is 0 Å². The van der Waals surface area contributed by atoms with E-state index in [2.05, 4.69) is 30.7 Å². The third kappa shape index (κ3) is 3.73. The van der Waals surface area contributed by atoms with Crippen LogP contribution in [0.1, 0.15) is 31.1 Å². The molecule has 12 nitrogen and oxygen atoms in total. The third-order valence-electron chi connectivity index (χ3n) is 7.60. The third-order valence-corrected chi connectivity index (χ3v) is 7.60. The summed E-state index contributed by atoms with van der Waals surface area (Å²) < 4.78 is 33.4. The summed E-state index contributed by atoms with van der Waals surface area (Å²) in [5, 5.41) is 13.2. The molecule has 8 rings (SSSR count). The number of nitrogens with zero attached hydrogens (tertiary/aromatic N) is 5. The Morgan fingerprint density at radius 3 is 2.86 bits per heavy atom. The molecule has 0 radical (unpaired) electrons. The first-order valence-corrected chi connectivity index (χ1v) is 12.3. The zero-order valence-electron chi connectivity index (χ0n) is 19.5. The Balaban J connectivity index is 1.04. The largest absolute Gasteiger partial charge is 0.441 e. The van der Waals surface area contributed by atoms with E-state index >= 15 is 4.39 Å². The van der Waals surface area contributed by atoms with E-state index in [-0.39, 0.29) is 12.1 Å². The highest BCUT2D eigenvalue weighted by molar-refractivity contribution is 5.69. The van der Waals surface area contributed by atoms with Gasteiger partial charge in [0.2, 0.25) is 5.95 Å². The number of ether oxygens (including phenoxy) is 3. The van der Waals surface area contributed by atoms with Crippen molar-refractivity contribution in [2.24, 2.45) is 5.92 Å². The van der Waals surface area contributed by atoms with Crippen LogP contribution in [0, 0.1) is 5.92 Å². The molecule has 0 spiro atoms. The maximum Gasteiger partial charge on any atom is 0.408 e. The molecule has 3 aromatic heterocycles. The number of morpholine rings is 1. The van der Waals surface area contributed by atoms with E-state index in [1.54, 1.807) is 18.5 Å². The van der Waals surface area contributed by atoms with Crippen LogP contribution in [0.15, 0.2) is 24.5 Å². The van der Waals surface area contributed by atoms with Gasteiger partial charge in [0.15, 0.2) is 18.1 Å². The van der Waals surface area contributed by atoms with Crippen LogP contribution in [0.4, 0.5) is 26.8 Å². The molecular formula is C23H27FN8O4. The van der Waals surface area contributed by atoms with Gasteiger partial charge in [-0.3, -0.25) is 9.50 Å². The molecule has 0 unspecified atom stereocenters. The van der Waals surface area contributed by atoms with Crippen molar-refractivity contribution >= 4 is 29.3 Å². The van der Waals surface area contributed by atoms with Crippen molar-refractivity contribution in [3.8, 4) is 0 Å². The molecule has 1 amide bonds. The van der Waals surface area contributed by atoms with Gasteiger partial charge in [-0.1, -0.05) is 0 Å². The second-order valence-corrected chi connectivity index (χ2v) is 10.1. The molecule has 3 aromatic rings. The van der Waals surface area contributed by atoms with Gasteiger partial charge in [-0.15, -0.1) is 0 Å². The number of carbonyl (C=O) groups excluding carboxylic acids is 1. The highest BCUT2D eigenvalue weighted by Crippen LogP contribution is 2.57. The number of carbonyl (C=O) groups is 1. The van der Waals surface area contributed by atoms with Gasteiger partial charge in [0.1, 0.15) is 17.6 Å². The van der Waals surface area contributed by atoms with Crippen LogP contribution in [0.3, 0.4) is 0 Å². The van der Waals surface area contributed by atoms with Crippen LogP contribution < -0.4 is 15.5 Å². The summed E-state index contributed by atoms with van der Waals surface area (Å²) in [6.45, 7) is 2.76. The Labute approximate surface area is 205 Å². The Kier molecular flexibility index (Phi) is 5.03. The minimum Gasteiger partial charge on any atom is -0.441 e. The molecule has 2 aliphatic heterocycles. The molecule has 0 aromatic carbocycles. The summed E-state index contributed by atoms with van der Waals surface area (Å²) in [6.07, 6.45) is 2.50. The number of halogens is 1. The molecule has 5 heterocycles. The number of amides is 1. The molecule has 5 aliphatic rings. The standard InChI is InChI=1S/C23H27FN8O4/c24-19-15(36-22(33)28-23-9-13(10-23)11-23)12-35-20(19)14-7-16(30-29-14)26-21-27-18(31-3-5-34-6-4-31)8-17-25-1-2-32(17)21/h1-2,7-8,13,15,19-20H,3-6,9-12H2,(H,28,33)(H2,26,27,29,30)/t13?,15-,19-,20-,23?/m0/s1. The predicted octanol–water partition coefficient (Wildman–Crippen LogP) is 2.09. The van der Waals surface area contributed by atoms with Crippen molar-refractivity contribution < 1.29 is 23.4 Å². The molecule has 3 atom stereocenters. The van der Waals surface area contributed by atoms with Crippen molar-refractivity contribution in [2.45, 2.75) is 43.2 Å². The molecule has 3 N–H and O–H groups in total. The summed E-state index contributed by atoms with van der Waals surface area (Å²) in [4.78, 5) is 23.5. The predicted molar refractivity (Wildman–Crippen MR) is 125 cm³/mol. The number of nitrogens with one attached hydrogen (secondary N) is 3. The van der Waals surface area contributed by atoms with E-state index in [0.29, 0.717) is 30.7 Å². The summed E-state index contributed by atoms with van der Waals surface area (Å²) >= 11 is 0. The Bertz CT molecular complexity index is 1270. The van der Waals surface area contributed by atoms with Gasteiger partial charge in [-0.05, 0) is 25.2 Å². The lowest BCUT2D eigenvalue weighted by Crippen LogP contribution is -2.68. The number of imidazole rings is 1. The van der Waals surface area contributed by atoms with Crippen molar-refractivity contribution in [1.82, 2.24) is 29.9 Å². The second-order valence-electron chi connectivity index (χ2n) is 10.1. The van der Waals surface area contributed by atoms with Crippen LogP contribution in [0.5, 0.6) is 0 Å². The zero-order chi connectivity index (χ0) is 24.3. The molecule has 2 bridgehead atoms. The number of alkyl carbamates (subject to hydrolysis) is 1. The minimum atomic E-state index is -1.51. The van der Waals surface area contributed by atoms with E-state index in [0.717, 1.165) is 49.7 Å². The lowest BCUT2D eigenvalue weighted by Gasteiger charge is -2.61. The normalized spacial score (nSPS) is 31.1. The van der Waals surface area contributed by atoms with Crippen LogP contribution in [-0.4, -0.2) is 81.4 Å². The van der Waals surface area contributed by atoms with Gasteiger partial charge >= 0.3 is 6.09 Å². The fourth-order valence-corrected chi connectivity index (χ4v) is 5.57. The lowest BCUT2D eigenvalue weighted by atomic mass is 9.50. The van der Waals surface area contributed by atoms with Crippen molar-refractivity contribution in [1.29, 1.82) is 0 Å². The quantitative estimate of drug-likeness (QED) is 0.468. The average Bonchev–Trinajstić information content (AvgIpc) is 3.57. The van der Waals surface area contributed by atoms with E-state index in [1.165, 1.54) is 0 Å². The maximum absolute atomic E-state index is 15.2. The monoisotopic (exact) mass is 498 g/mol. The number of rotatable bonds is 6. The van der Waals surface area contributed by atoms with E-state index in [9.17, 15) is 4.79 Å². The second kappa shape index (κ2) is 8.30. The highest BCUT2D eigenvalue weighted by Gasteiger charge is 2.58. The van der Waals surface area contributed by atoms with Gasteiger partial charge in [0.05, 0.1) is 25.5 Å². The Morgan fingerprint density at radius 1 is 1.25 bits per heavy atom. The number of hydrogen-bond donors (Lipinski definition) is 3. The molecule has 2 saturated heterocycles. The summed E-state index contributed by atoms with van der Waals surface area (Å²) in [6, 6.07) is 3.60. The number of aromatic nitrogens is 5. The molecule has 13 heteroatoms. The number of aromatic amines is 1. The Hall–Kier alpha value is -3.45. The average molecular weight is 499 g/mol. The summed E-state index contributed by atoms with van der Waals surface area (Å²) in [5.41, 5.74) is 1.07. The number of anilines is 3. The SMILES string of the molecule is O=C(NC12CC(C1)C2)O[C@H]1CO[C@@H](c2cc(Nc3nc(N4CCOCC4)cc4nccn34)n[nH]2)[C@H]1F. The first-order chi connectivity index (χ1) is 17.6. The summed E-state index contributed by atoms with van der Waals surface area (Å²) in [5.74, 6) is 2.49. The van der Waals surface area contributed by atoms with E-state index < -0.39 is 24.5 Å². The Morgan fingerprint density at radius 2 is 2.08 bits per heavy atom. The number of fused-ring (bicyclic) bond motifs is 1. The van der Waals surface area contributed by atoms with Crippen LogP contribution in [0.2, 0.25) is 0 Å². The van der Waals surface area contributed by atoms with Crippen molar-refractivity contribution in [3.05, 3.63) is 30.2 Å². The summed E-state index contributed by atoms with van der Waals surface area (Å²) in [7, 11) is 0. The molecule has 3 saturated carbocycles. The number of H-pyrrole nitrogens is 1. The van der Waals surface area contributed by atoms with E-state index in [4.69, 9.17) is 19.2 Å². The molecule has 3 aliphatic carbocycles. The molecular weight excluding hydrogens is 471 g/mol. The molecule has 36 heavy (non-hydrogen) atoms. The van der Waals surface area contributed by atoms with Crippen LogP contribution in [0.25, 0.3) is 5.65 Å². The van der Waals surface area contributed by atoms with Gasteiger partial charge in [0.25, 0.3) is 0 Å².